The maximum Gasteiger partial charge on any atom is 0.106 e. The number of nitrogens with zero attached hydrogens (tertiary/aromatic N) is 3. The Kier molecular flexibility index (Phi) is 9.96. The molecule has 1 aliphatic heterocycles. The molecular weight excluding hydrogens is 577 g/mol. The molecule has 1 aromatic heterocycles. The highest BCUT2D eigenvalue weighted by Gasteiger charge is 2.34. The lowest BCUT2D eigenvalue weighted by Gasteiger charge is -2.39. The Morgan fingerprint density at radius 3 is 2.59 bits per heavy atom. The number of piperidine rings is 1. The van der Waals surface area contributed by atoms with E-state index in [4.69, 9.17) is 32.8 Å². The van der Waals surface area contributed by atoms with Crippen LogP contribution in [0.2, 0.25) is 10.0 Å². The molecule has 6 nitrogen and oxygen atoms in total. The molecule has 1 unspecified atom stereocenters. The monoisotopic (exact) mass is 611 g/mol. The lowest BCUT2D eigenvalue weighted by Crippen LogP contribution is -2.43. The van der Waals surface area contributed by atoms with Crippen LogP contribution in [0.3, 0.4) is 0 Å². The van der Waals surface area contributed by atoms with E-state index in [1.165, 1.54) is 4.70 Å². The minimum atomic E-state index is -0.780. The van der Waals surface area contributed by atoms with Crippen LogP contribution in [0.1, 0.15) is 46.9 Å². The number of benzene rings is 3. The van der Waals surface area contributed by atoms with Crippen molar-refractivity contribution in [3.8, 4) is 0 Å². The van der Waals surface area contributed by atoms with Gasteiger partial charge in [0.1, 0.15) is 7.11 Å². The van der Waals surface area contributed by atoms with Gasteiger partial charge in [0.2, 0.25) is 0 Å². The highest BCUT2D eigenvalue weighted by molar-refractivity contribution is 7.18. The first-order valence-corrected chi connectivity index (χ1v) is 15.4. The van der Waals surface area contributed by atoms with Crippen molar-refractivity contribution in [2.45, 2.75) is 44.3 Å². The fourth-order valence-electron chi connectivity index (χ4n) is 5.51. The van der Waals surface area contributed by atoms with Crippen LogP contribution in [0.5, 0.6) is 0 Å². The number of hydrogen-bond donors (Lipinski definition) is 1. The van der Waals surface area contributed by atoms with E-state index in [-0.39, 0.29) is 5.92 Å². The van der Waals surface area contributed by atoms with E-state index in [1.807, 2.05) is 55.5 Å². The van der Waals surface area contributed by atoms with Gasteiger partial charge in [0, 0.05) is 19.0 Å². The third-order valence-corrected chi connectivity index (χ3v) is 9.45. The summed E-state index contributed by atoms with van der Waals surface area (Å²) in [6.07, 6.45) is 2.18. The molecule has 2 heterocycles. The van der Waals surface area contributed by atoms with Crippen LogP contribution >= 0.6 is 34.5 Å². The fourth-order valence-corrected chi connectivity index (χ4v) is 6.62. The Labute approximate surface area is 255 Å². The van der Waals surface area contributed by atoms with Gasteiger partial charge in [-0.2, -0.15) is 0 Å². The molecular formula is C32H35Cl2N3O3S. The Hall–Kier alpha value is -2.52. The van der Waals surface area contributed by atoms with Crippen molar-refractivity contribution in [3.63, 3.8) is 0 Å². The first-order valence-electron chi connectivity index (χ1n) is 13.8. The number of oxime groups is 1. The third-order valence-electron chi connectivity index (χ3n) is 7.76. The Morgan fingerprint density at radius 1 is 1.07 bits per heavy atom. The molecule has 0 radical (unpaired) electrons. The summed E-state index contributed by atoms with van der Waals surface area (Å²) >= 11 is 14.4. The average Bonchev–Trinajstić information content (AvgIpc) is 3.35. The summed E-state index contributed by atoms with van der Waals surface area (Å²) in [6, 6.07) is 22.0. The zero-order chi connectivity index (χ0) is 28.8. The minimum absolute atomic E-state index is 0.0803. The number of thiazole rings is 1. The summed E-state index contributed by atoms with van der Waals surface area (Å²) in [5, 5.41) is 17.8. The SMILES string of the molecule is CO/N=C(\COCc1ccc2sc(C)nc2c1)C(CCN1CCC(O)(c2ccccc2)CC1)c1ccc(Cl)c(Cl)c1. The number of rotatable bonds is 11. The van der Waals surface area contributed by atoms with Gasteiger partial charge in [-0.1, -0.05) is 70.8 Å². The predicted octanol–water partition coefficient (Wildman–Crippen LogP) is 7.59. The van der Waals surface area contributed by atoms with Crippen molar-refractivity contribution < 1.29 is 14.7 Å². The number of aromatic nitrogens is 1. The maximum absolute atomic E-state index is 11.3. The Bertz CT molecular complexity index is 1490. The van der Waals surface area contributed by atoms with Gasteiger partial charge in [-0.05, 0) is 73.7 Å². The first kappa shape index (κ1) is 30.0. The minimum Gasteiger partial charge on any atom is -0.399 e. The molecule has 0 saturated carbocycles. The molecule has 0 amide bonds. The zero-order valence-corrected chi connectivity index (χ0v) is 25.7. The molecule has 1 N–H and O–H groups in total. The van der Waals surface area contributed by atoms with Gasteiger partial charge < -0.3 is 19.6 Å². The molecule has 0 bridgehead atoms. The highest BCUT2D eigenvalue weighted by atomic mass is 35.5. The van der Waals surface area contributed by atoms with Crippen molar-refractivity contribution in [1.82, 2.24) is 9.88 Å². The lowest BCUT2D eigenvalue weighted by molar-refractivity contribution is -0.0261. The summed E-state index contributed by atoms with van der Waals surface area (Å²) in [4.78, 5) is 12.3. The van der Waals surface area contributed by atoms with Crippen molar-refractivity contribution in [2.75, 3.05) is 33.4 Å². The first-order chi connectivity index (χ1) is 19.8. The summed E-state index contributed by atoms with van der Waals surface area (Å²) in [7, 11) is 1.56. The zero-order valence-electron chi connectivity index (χ0n) is 23.4. The smallest absolute Gasteiger partial charge is 0.106 e. The molecule has 1 saturated heterocycles. The molecule has 1 atom stereocenters. The van der Waals surface area contributed by atoms with Gasteiger partial charge in [0.25, 0.3) is 0 Å². The van der Waals surface area contributed by atoms with Crippen LogP contribution in [-0.2, 0) is 21.8 Å². The molecule has 0 spiro atoms. The van der Waals surface area contributed by atoms with Crippen molar-refractivity contribution in [2.24, 2.45) is 5.16 Å². The van der Waals surface area contributed by atoms with Crippen LogP contribution < -0.4 is 0 Å². The van der Waals surface area contributed by atoms with Crippen molar-refractivity contribution in [1.29, 1.82) is 0 Å². The van der Waals surface area contributed by atoms with Crippen LogP contribution in [0.15, 0.2) is 71.9 Å². The Balaban J connectivity index is 1.26. The van der Waals surface area contributed by atoms with Crippen LogP contribution in [0.4, 0.5) is 0 Å². The molecule has 1 fully saturated rings. The van der Waals surface area contributed by atoms with E-state index in [0.29, 0.717) is 36.1 Å². The predicted molar refractivity (Wildman–Crippen MR) is 168 cm³/mol. The average molecular weight is 613 g/mol. The second kappa shape index (κ2) is 13.6. The number of aliphatic hydroxyl groups is 1. The van der Waals surface area contributed by atoms with Gasteiger partial charge in [-0.25, -0.2) is 4.98 Å². The van der Waals surface area contributed by atoms with E-state index in [1.54, 1.807) is 18.4 Å². The summed E-state index contributed by atoms with van der Waals surface area (Å²) in [6.45, 7) is 5.22. The van der Waals surface area contributed by atoms with Gasteiger partial charge in [0.15, 0.2) is 0 Å². The number of likely N-dealkylation sites (tertiary alicyclic amines) is 1. The molecule has 216 valence electrons. The second-order valence-corrected chi connectivity index (χ2v) is 12.6. The lowest BCUT2D eigenvalue weighted by atomic mass is 9.84. The van der Waals surface area contributed by atoms with E-state index >= 15 is 0 Å². The number of aryl methyl sites for hydroxylation is 1. The van der Waals surface area contributed by atoms with Crippen LogP contribution in [0.25, 0.3) is 10.2 Å². The quantitative estimate of drug-likeness (QED) is 0.140. The van der Waals surface area contributed by atoms with Crippen molar-refractivity contribution >= 4 is 50.5 Å². The van der Waals surface area contributed by atoms with Crippen molar-refractivity contribution in [3.05, 3.63) is 98.5 Å². The third kappa shape index (κ3) is 7.47. The van der Waals surface area contributed by atoms with Gasteiger partial charge >= 0.3 is 0 Å². The topological polar surface area (TPSA) is 67.2 Å². The summed E-state index contributed by atoms with van der Waals surface area (Å²) in [5.41, 5.74) is 4.06. The standard InChI is InChI=1S/C32H35Cl2N3O3S/c1-22-35-29-18-23(8-11-31(29)41-22)20-40-21-30(36-39-2)26(24-9-10-27(33)28(34)19-24)12-15-37-16-13-32(38,14-17-37)25-6-4-3-5-7-25/h3-11,18-19,26,38H,12-17,20-21H2,1-2H3/b36-30+. The van der Waals surface area contributed by atoms with Gasteiger partial charge in [0.05, 0.1) is 49.8 Å². The molecule has 9 heteroatoms. The maximum atomic E-state index is 11.3. The summed E-state index contributed by atoms with van der Waals surface area (Å²) in [5.74, 6) is -0.0803. The molecule has 3 aromatic carbocycles. The largest absolute Gasteiger partial charge is 0.399 e. The molecule has 41 heavy (non-hydrogen) atoms. The molecule has 0 aliphatic carbocycles. The van der Waals surface area contributed by atoms with Crippen LogP contribution in [-0.4, -0.2) is 54.1 Å². The number of fused-ring (bicyclic) bond motifs is 1. The second-order valence-electron chi connectivity index (χ2n) is 10.5. The molecule has 5 rings (SSSR count). The Morgan fingerprint density at radius 2 is 1.85 bits per heavy atom. The fraction of sp³-hybridized carbons (Fsp3) is 0.375. The summed E-state index contributed by atoms with van der Waals surface area (Å²) < 4.78 is 7.35. The number of ether oxygens (including phenoxy) is 1. The highest BCUT2D eigenvalue weighted by Crippen LogP contribution is 2.34. The van der Waals surface area contributed by atoms with E-state index in [9.17, 15) is 5.11 Å². The number of hydrogen-bond acceptors (Lipinski definition) is 7. The van der Waals surface area contributed by atoms with Gasteiger partial charge in [-0.15, -0.1) is 11.3 Å². The van der Waals surface area contributed by atoms with E-state index in [2.05, 4.69) is 33.2 Å². The van der Waals surface area contributed by atoms with E-state index in [0.717, 1.165) is 59.0 Å². The molecule has 1 aliphatic rings. The van der Waals surface area contributed by atoms with Gasteiger partial charge in [-0.3, -0.25) is 0 Å². The molecule has 4 aromatic rings. The normalized spacial score (nSPS) is 16.7. The van der Waals surface area contributed by atoms with Crippen LogP contribution in [0, 0.1) is 6.92 Å². The van der Waals surface area contributed by atoms with E-state index < -0.39 is 5.60 Å². The number of halogens is 2.